The fraction of sp³-hybridized carbons (Fsp3) is 0.444. The second kappa shape index (κ2) is 7.07. The highest BCUT2D eigenvalue weighted by Gasteiger charge is 2.24. The summed E-state index contributed by atoms with van der Waals surface area (Å²) in [5, 5.41) is 3.45. The Morgan fingerprint density at radius 2 is 2.09 bits per heavy atom. The molecule has 0 bridgehead atoms. The summed E-state index contributed by atoms with van der Waals surface area (Å²) in [6, 6.07) is 9.65. The van der Waals surface area contributed by atoms with Crippen molar-refractivity contribution in [3.05, 3.63) is 59.3 Å². The summed E-state index contributed by atoms with van der Waals surface area (Å²) < 4.78 is 19.2. The first-order valence-electron chi connectivity index (χ1n) is 7.97. The largest absolute Gasteiger partial charge is 0.468 e. The van der Waals surface area contributed by atoms with Gasteiger partial charge in [-0.1, -0.05) is 12.1 Å². The van der Waals surface area contributed by atoms with Gasteiger partial charge in [0, 0.05) is 13.1 Å². The Morgan fingerprint density at radius 3 is 2.77 bits per heavy atom. The van der Waals surface area contributed by atoms with Gasteiger partial charge >= 0.3 is 0 Å². The fourth-order valence-corrected chi connectivity index (χ4v) is 3.04. The van der Waals surface area contributed by atoms with Crippen LogP contribution in [-0.2, 0) is 6.54 Å². The summed E-state index contributed by atoms with van der Waals surface area (Å²) >= 11 is 0. The lowest BCUT2D eigenvalue weighted by molar-refractivity contribution is 0.209. The van der Waals surface area contributed by atoms with E-state index >= 15 is 0 Å². The molecule has 1 aliphatic heterocycles. The van der Waals surface area contributed by atoms with Gasteiger partial charge in [0.05, 0.1) is 12.3 Å². The van der Waals surface area contributed by atoms with Gasteiger partial charge < -0.3 is 9.73 Å². The van der Waals surface area contributed by atoms with Crippen molar-refractivity contribution in [2.24, 2.45) is 0 Å². The van der Waals surface area contributed by atoms with Gasteiger partial charge in [0.25, 0.3) is 0 Å². The standard InChI is InChI=1S/C18H23FN2O/c1-14-6-7-15(11-16(14)19)12-20-13-17(18-5-4-10-22-18)21-8-2-3-9-21/h4-7,10-11,17,20H,2-3,8-9,12-13H2,1H3. The van der Waals surface area contributed by atoms with Crippen molar-refractivity contribution in [3.63, 3.8) is 0 Å². The molecule has 1 atom stereocenters. The maximum absolute atomic E-state index is 13.6. The van der Waals surface area contributed by atoms with Gasteiger partial charge in [-0.15, -0.1) is 0 Å². The van der Waals surface area contributed by atoms with Crippen molar-refractivity contribution in [3.8, 4) is 0 Å². The number of hydrogen-bond acceptors (Lipinski definition) is 3. The summed E-state index contributed by atoms with van der Waals surface area (Å²) in [5.74, 6) is 0.867. The van der Waals surface area contributed by atoms with E-state index in [1.165, 1.54) is 12.8 Å². The predicted octanol–water partition coefficient (Wildman–Crippen LogP) is 3.65. The number of nitrogens with one attached hydrogen (secondary N) is 1. The molecule has 0 radical (unpaired) electrons. The molecule has 0 spiro atoms. The topological polar surface area (TPSA) is 28.4 Å². The monoisotopic (exact) mass is 302 g/mol. The van der Waals surface area contributed by atoms with Gasteiger partial charge in [0.2, 0.25) is 0 Å². The van der Waals surface area contributed by atoms with Crippen LogP contribution in [0.3, 0.4) is 0 Å². The number of likely N-dealkylation sites (tertiary alicyclic amines) is 1. The van der Waals surface area contributed by atoms with E-state index in [1.807, 2.05) is 24.3 Å². The summed E-state index contributed by atoms with van der Waals surface area (Å²) in [6.45, 7) is 5.50. The highest BCUT2D eigenvalue weighted by molar-refractivity contribution is 5.23. The lowest BCUT2D eigenvalue weighted by atomic mass is 10.1. The van der Waals surface area contributed by atoms with Crippen LogP contribution in [0.15, 0.2) is 41.0 Å². The van der Waals surface area contributed by atoms with Crippen LogP contribution in [-0.4, -0.2) is 24.5 Å². The summed E-state index contributed by atoms with van der Waals surface area (Å²) in [7, 11) is 0. The Morgan fingerprint density at radius 1 is 1.27 bits per heavy atom. The molecule has 1 N–H and O–H groups in total. The Bertz CT molecular complexity index is 591. The molecule has 1 saturated heterocycles. The number of aryl methyl sites for hydroxylation is 1. The number of furan rings is 1. The Balaban J connectivity index is 1.60. The van der Waals surface area contributed by atoms with Crippen molar-refractivity contribution in [1.29, 1.82) is 0 Å². The van der Waals surface area contributed by atoms with Crippen molar-refractivity contribution in [2.45, 2.75) is 32.4 Å². The molecule has 0 amide bonds. The molecule has 118 valence electrons. The molecule has 1 fully saturated rings. The van der Waals surface area contributed by atoms with E-state index in [2.05, 4.69) is 10.2 Å². The zero-order chi connectivity index (χ0) is 15.4. The van der Waals surface area contributed by atoms with Crippen molar-refractivity contribution in [2.75, 3.05) is 19.6 Å². The summed E-state index contributed by atoms with van der Waals surface area (Å²) in [5.41, 5.74) is 1.66. The van der Waals surface area contributed by atoms with Crippen LogP contribution >= 0.6 is 0 Å². The van der Waals surface area contributed by atoms with Crippen LogP contribution in [0.1, 0.15) is 35.8 Å². The third-order valence-electron chi connectivity index (χ3n) is 4.36. The first-order chi connectivity index (χ1) is 10.7. The molecule has 2 heterocycles. The molecule has 1 aliphatic rings. The van der Waals surface area contributed by atoms with E-state index in [0.29, 0.717) is 12.1 Å². The summed E-state index contributed by atoms with van der Waals surface area (Å²) in [6.07, 6.45) is 4.23. The van der Waals surface area contributed by atoms with Crippen molar-refractivity contribution >= 4 is 0 Å². The molecule has 1 unspecified atom stereocenters. The highest BCUT2D eigenvalue weighted by Crippen LogP contribution is 2.25. The number of hydrogen-bond donors (Lipinski definition) is 1. The predicted molar refractivity (Wildman–Crippen MR) is 85.1 cm³/mol. The molecule has 1 aromatic heterocycles. The quantitative estimate of drug-likeness (QED) is 0.883. The van der Waals surface area contributed by atoms with E-state index in [0.717, 1.165) is 31.0 Å². The zero-order valence-corrected chi connectivity index (χ0v) is 13.0. The minimum Gasteiger partial charge on any atom is -0.468 e. The summed E-state index contributed by atoms with van der Waals surface area (Å²) in [4.78, 5) is 2.46. The third-order valence-corrected chi connectivity index (χ3v) is 4.36. The molecule has 0 saturated carbocycles. The number of benzene rings is 1. The second-order valence-electron chi connectivity index (χ2n) is 5.99. The normalized spacial score (nSPS) is 17.0. The van der Waals surface area contributed by atoms with E-state index in [-0.39, 0.29) is 11.9 Å². The molecular weight excluding hydrogens is 279 g/mol. The lowest BCUT2D eigenvalue weighted by Gasteiger charge is -2.26. The number of rotatable bonds is 6. The van der Waals surface area contributed by atoms with Gasteiger partial charge in [-0.3, -0.25) is 4.90 Å². The van der Waals surface area contributed by atoms with Crippen LogP contribution < -0.4 is 5.32 Å². The van der Waals surface area contributed by atoms with Crippen LogP contribution in [0.25, 0.3) is 0 Å². The van der Waals surface area contributed by atoms with Crippen molar-refractivity contribution in [1.82, 2.24) is 10.2 Å². The molecular formula is C18H23FN2O. The number of halogens is 1. The maximum atomic E-state index is 13.6. The molecule has 2 aromatic rings. The van der Waals surface area contributed by atoms with Crippen LogP contribution in [0.4, 0.5) is 4.39 Å². The third kappa shape index (κ3) is 3.57. The smallest absolute Gasteiger partial charge is 0.126 e. The zero-order valence-electron chi connectivity index (χ0n) is 13.0. The van der Waals surface area contributed by atoms with E-state index in [4.69, 9.17) is 4.42 Å². The van der Waals surface area contributed by atoms with Crippen LogP contribution in [0, 0.1) is 12.7 Å². The lowest BCUT2D eigenvalue weighted by Crippen LogP contribution is -2.33. The molecule has 1 aromatic carbocycles. The highest BCUT2D eigenvalue weighted by atomic mass is 19.1. The molecule has 0 aliphatic carbocycles. The Kier molecular flexibility index (Phi) is 4.90. The van der Waals surface area contributed by atoms with Gasteiger partial charge in [-0.25, -0.2) is 4.39 Å². The average molecular weight is 302 g/mol. The van der Waals surface area contributed by atoms with Gasteiger partial charge in [-0.2, -0.15) is 0 Å². The first kappa shape index (κ1) is 15.3. The Hall–Kier alpha value is -1.65. The fourth-order valence-electron chi connectivity index (χ4n) is 3.04. The van der Waals surface area contributed by atoms with E-state index in [1.54, 1.807) is 19.3 Å². The SMILES string of the molecule is Cc1ccc(CNCC(c2ccco2)N2CCCC2)cc1F. The van der Waals surface area contributed by atoms with Crippen LogP contribution in [0.5, 0.6) is 0 Å². The van der Waals surface area contributed by atoms with E-state index in [9.17, 15) is 4.39 Å². The van der Waals surface area contributed by atoms with E-state index < -0.39 is 0 Å². The average Bonchev–Trinajstić information content (AvgIpc) is 3.20. The van der Waals surface area contributed by atoms with Crippen LogP contribution in [0.2, 0.25) is 0 Å². The first-order valence-corrected chi connectivity index (χ1v) is 7.97. The molecule has 4 heteroatoms. The van der Waals surface area contributed by atoms with Gasteiger partial charge in [0.1, 0.15) is 11.6 Å². The minimum absolute atomic E-state index is 0.138. The Labute approximate surface area is 131 Å². The molecule has 3 nitrogen and oxygen atoms in total. The van der Waals surface area contributed by atoms with Crippen molar-refractivity contribution < 1.29 is 8.81 Å². The van der Waals surface area contributed by atoms with Gasteiger partial charge in [-0.05, 0) is 62.2 Å². The molecule has 3 rings (SSSR count). The van der Waals surface area contributed by atoms with Gasteiger partial charge in [0.15, 0.2) is 0 Å². The number of nitrogens with zero attached hydrogens (tertiary/aromatic N) is 1. The second-order valence-corrected chi connectivity index (χ2v) is 5.99. The minimum atomic E-state index is -0.138. The maximum Gasteiger partial charge on any atom is 0.126 e. The molecule has 22 heavy (non-hydrogen) atoms.